The van der Waals surface area contributed by atoms with Gasteiger partial charge in [-0.3, -0.25) is 4.90 Å². The Labute approximate surface area is 84.4 Å². The van der Waals surface area contributed by atoms with Crippen LogP contribution < -0.4 is 5.73 Å². The number of hydrogen-bond donors (Lipinski definition) is 1. The Kier molecular flexibility index (Phi) is 4.42. The molecule has 0 aliphatic carbocycles. The smallest absolute Gasteiger partial charge is 0.0327 e. The van der Waals surface area contributed by atoms with Gasteiger partial charge in [0.2, 0.25) is 0 Å². The summed E-state index contributed by atoms with van der Waals surface area (Å²) in [6.07, 6.45) is 0. The van der Waals surface area contributed by atoms with Gasteiger partial charge in [-0.15, -0.1) is 11.3 Å². The maximum Gasteiger partial charge on any atom is 0.0327 e. The highest BCUT2D eigenvalue weighted by Gasteiger charge is 2.03. The van der Waals surface area contributed by atoms with E-state index in [1.165, 1.54) is 9.75 Å². The molecule has 0 radical (unpaired) electrons. The van der Waals surface area contributed by atoms with E-state index >= 15 is 0 Å². The summed E-state index contributed by atoms with van der Waals surface area (Å²) in [5, 5.41) is 0. The predicted octanol–water partition coefficient (Wildman–Crippen LogP) is 2.05. The van der Waals surface area contributed by atoms with E-state index in [1.807, 2.05) is 11.3 Å². The molecule has 0 aliphatic heterocycles. The Hall–Kier alpha value is -0.380. The van der Waals surface area contributed by atoms with Crippen LogP contribution in [0, 0.1) is 0 Å². The van der Waals surface area contributed by atoms with Crippen molar-refractivity contribution in [2.45, 2.75) is 26.9 Å². The Morgan fingerprint density at radius 1 is 1.23 bits per heavy atom. The SMILES string of the molecule is CCN(CC)Cc1ccc(CN)s1. The van der Waals surface area contributed by atoms with Gasteiger partial charge >= 0.3 is 0 Å². The zero-order valence-electron chi connectivity index (χ0n) is 8.42. The van der Waals surface area contributed by atoms with Gasteiger partial charge in [-0.05, 0) is 25.2 Å². The molecule has 2 nitrogen and oxygen atoms in total. The van der Waals surface area contributed by atoms with Crippen molar-refractivity contribution >= 4 is 11.3 Å². The molecule has 0 atom stereocenters. The lowest BCUT2D eigenvalue weighted by molar-refractivity contribution is 0.298. The summed E-state index contributed by atoms with van der Waals surface area (Å²) < 4.78 is 0. The lowest BCUT2D eigenvalue weighted by Crippen LogP contribution is -2.21. The molecule has 0 aliphatic rings. The molecule has 74 valence electrons. The average Bonchev–Trinajstić information content (AvgIpc) is 2.61. The summed E-state index contributed by atoms with van der Waals surface area (Å²) in [6.45, 7) is 8.36. The fraction of sp³-hybridized carbons (Fsp3) is 0.600. The molecule has 1 rings (SSSR count). The lowest BCUT2D eigenvalue weighted by Gasteiger charge is -2.16. The van der Waals surface area contributed by atoms with Crippen LogP contribution in [0.3, 0.4) is 0 Å². The molecule has 0 amide bonds. The van der Waals surface area contributed by atoms with Crippen LogP contribution in [0.25, 0.3) is 0 Å². The number of thiophene rings is 1. The molecule has 3 heteroatoms. The molecule has 13 heavy (non-hydrogen) atoms. The van der Waals surface area contributed by atoms with Crippen molar-refractivity contribution in [1.29, 1.82) is 0 Å². The van der Waals surface area contributed by atoms with Crippen LogP contribution in [0.4, 0.5) is 0 Å². The summed E-state index contributed by atoms with van der Waals surface area (Å²) in [7, 11) is 0. The standard InChI is InChI=1S/C10H18N2S/c1-3-12(4-2)8-10-6-5-9(7-11)13-10/h5-6H,3-4,7-8,11H2,1-2H3. The van der Waals surface area contributed by atoms with E-state index in [1.54, 1.807) is 0 Å². The second kappa shape index (κ2) is 5.37. The zero-order valence-corrected chi connectivity index (χ0v) is 9.23. The van der Waals surface area contributed by atoms with E-state index in [2.05, 4.69) is 30.9 Å². The fourth-order valence-corrected chi connectivity index (χ4v) is 2.22. The highest BCUT2D eigenvalue weighted by Crippen LogP contribution is 2.17. The zero-order chi connectivity index (χ0) is 9.68. The van der Waals surface area contributed by atoms with E-state index in [-0.39, 0.29) is 0 Å². The van der Waals surface area contributed by atoms with Crippen LogP contribution in [0.1, 0.15) is 23.6 Å². The van der Waals surface area contributed by atoms with Crippen LogP contribution in [0.5, 0.6) is 0 Å². The van der Waals surface area contributed by atoms with Crippen molar-refractivity contribution in [1.82, 2.24) is 4.90 Å². The molecule has 0 bridgehead atoms. The second-order valence-electron chi connectivity index (χ2n) is 3.03. The van der Waals surface area contributed by atoms with Gasteiger partial charge in [0, 0.05) is 22.8 Å². The third-order valence-corrected chi connectivity index (χ3v) is 3.28. The summed E-state index contributed by atoms with van der Waals surface area (Å²) in [5.41, 5.74) is 5.56. The highest BCUT2D eigenvalue weighted by molar-refractivity contribution is 7.11. The minimum absolute atomic E-state index is 0.670. The summed E-state index contributed by atoms with van der Waals surface area (Å²) in [5.74, 6) is 0. The molecule has 1 aromatic rings. The van der Waals surface area contributed by atoms with Crippen LogP contribution in [-0.2, 0) is 13.1 Å². The molecule has 0 saturated carbocycles. The third-order valence-electron chi connectivity index (χ3n) is 2.19. The molecule has 0 spiro atoms. The van der Waals surface area contributed by atoms with Gasteiger partial charge in [-0.1, -0.05) is 13.8 Å². The van der Waals surface area contributed by atoms with Crippen molar-refractivity contribution in [2.75, 3.05) is 13.1 Å². The van der Waals surface area contributed by atoms with Gasteiger partial charge in [0.25, 0.3) is 0 Å². The first kappa shape index (κ1) is 10.7. The minimum atomic E-state index is 0.670. The van der Waals surface area contributed by atoms with Crippen molar-refractivity contribution in [3.05, 3.63) is 21.9 Å². The average molecular weight is 198 g/mol. The molecular formula is C10H18N2S. The van der Waals surface area contributed by atoms with Gasteiger partial charge in [-0.25, -0.2) is 0 Å². The number of hydrogen-bond acceptors (Lipinski definition) is 3. The maximum atomic E-state index is 5.56. The third kappa shape index (κ3) is 3.10. The predicted molar refractivity (Wildman–Crippen MR) is 58.8 cm³/mol. The summed E-state index contributed by atoms with van der Waals surface area (Å²) in [6, 6.07) is 4.31. The fourth-order valence-electron chi connectivity index (χ4n) is 1.28. The van der Waals surface area contributed by atoms with Crippen molar-refractivity contribution < 1.29 is 0 Å². The number of nitrogens with two attached hydrogens (primary N) is 1. The van der Waals surface area contributed by atoms with E-state index in [0.29, 0.717) is 6.54 Å². The van der Waals surface area contributed by atoms with E-state index in [4.69, 9.17) is 5.73 Å². The van der Waals surface area contributed by atoms with Gasteiger partial charge in [0.05, 0.1) is 0 Å². The molecule has 0 saturated heterocycles. The number of nitrogens with zero attached hydrogens (tertiary/aromatic N) is 1. The van der Waals surface area contributed by atoms with Crippen molar-refractivity contribution in [3.63, 3.8) is 0 Å². The quantitative estimate of drug-likeness (QED) is 0.784. The van der Waals surface area contributed by atoms with Crippen LogP contribution in [0.15, 0.2) is 12.1 Å². The van der Waals surface area contributed by atoms with E-state index in [0.717, 1.165) is 19.6 Å². The first-order chi connectivity index (χ1) is 6.30. The van der Waals surface area contributed by atoms with Gasteiger partial charge in [-0.2, -0.15) is 0 Å². The van der Waals surface area contributed by atoms with Gasteiger partial charge < -0.3 is 5.73 Å². The van der Waals surface area contributed by atoms with Crippen molar-refractivity contribution in [2.24, 2.45) is 5.73 Å². The van der Waals surface area contributed by atoms with Crippen molar-refractivity contribution in [3.8, 4) is 0 Å². The summed E-state index contributed by atoms with van der Waals surface area (Å²) >= 11 is 1.83. The molecule has 0 fully saturated rings. The largest absolute Gasteiger partial charge is 0.326 e. The molecular weight excluding hydrogens is 180 g/mol. The van der Waals surface area contributed by atoms with E-state index < -0.39 is 0 Å². The molecule has 1 heterocycles. The highest BCUT2D eigenvalue weighted by atomic mass is 32.1. The molecule has 0 aromatic carbocycles. The van der Waals surface area contributed by atoms with Gasteiger partial charge in [0.1, 0.15) is 0 Å². The maximum absolute atomic E-state index is 5.56. The lowest BCUT2D eigenvalue weighted by atomic mass is 10.4. The second-order valence-corrected chi connectivity index (χ2v) is 4.29. The Morgan fingerprint density at radius 2 is 1.85 bits per heavy atom. The monoisotopic (exact) mass is 198 g/mol. The van der Waals surface area contributed by atoms with E-state index in [9.17, 15) is 0 Å². The Balaban J connectivity index is 2.52. The first-order valence-corrected chi connectivity index (χ1v) is 5.61. The van der Waals surface area contributed by atoms with Gasteiger partial charge in [0.15, 0.2) is 0 Å². The Bertz CT molecular complexity index is 241. The van der Waals surface area contributed by atoms with Crippen LogP contribution in [0.2, 0.25) is 0 Å². The molecule has 0 unspecified atom stereocenters. The topological polar surface area (TPSA) is 29.3 Å². The summed E-state index contributed by atoms with van der Waals surface area (Å²) in [4.78, 5) is 5.11. The van der Waals surface area contributed by atoms with Crippen LogP contribution in [-0.4, -0.2) is 18.0 Å². The normalized spacial score (nSPS) is 11.1. The molecule has 2 N–H and O–H groups in total. The number of rotatable bonds is 5. The Morgan fingerprint density at radius 3 is 2.31 bits per heavy atom. The first-order valence-electron chi connectivity index (χ1n) is 4.80. The molecule has 1 aromatic heterocycles. The van der Waals surface area contributed by atoms with Crippen LogP contribution >= 0.6 is 11.3 Å². The minimum Gasteiger partial charge on any atom is -0.326 e.